The lowest BCUT2D eigenvalue weighted by Crippen LogP contribution is -2.33. The summed E-state index contributed by atoms with van der Waals surface area (Å²) in [6, 6.07) is 17.4. The Morgan fingerprint density at radius 3 is 2.02 bits per heavy atom. The maximum Gasteiger partial charge on any atom is 0.407 e. The fourth-order valence-electron chi connectivity index (χ4n) is 4.18. The van der Waals surface area contributed by atoms with Gasteiger partial charge in [-0.1, -0.05) is 24.3 Å². The van der Waals surface area contributed by atoms with Crippen LogP contribution in [0, 0.1) is 5.41 Å². The van der Waals surface area contributed by atoms with Gasteiger partial charge in [-0.2, -0.15) is 0 Å². The van der Waals surface area contributed by atoms with E-state index in [2.05, 4.69) is 16.0 Å². The van der Waals surface area contributed by atoms with Crippen molar-refractivity contribution in [1.29, 1.82) is 5.41 Å². The Hall–Kier alpha value is -5.19. The van der Waals surface area contributed by atoms with Gasteiger partial charge in [-0.3, -0.25) is 15.0 Å². The zero-order valence-corrected chi connectivity index (χ0v) is 24.5. The van der Waals surface area contributed by atoms with Gasteiger partial charge in [-0.15, -0.1) is 0 Å². The van der Waals surface area contributed by atoms with Crippen molar-refractivity contribution in [3.05, 3.63) is 89.0 Å². The van der Waals surface area contributed by atoms with Crippen LogP contribution < -0.4 is 21.7 Å². The van der Waals surface area contributed by atoms with Crippen LogP contribution in [0.3, 0.4) is 0 Å². The summed E-state index contributed by atoms with van der Waals surface area (Å²) in [6.07, 6.45) is 1.67. The zero-order chi connectivity index (χ0) is 31.6. The number of amides is 3. The largest absolute Gasteiger partial charge is 0.478 e. The summed E-state index contributed by atoms with van der Waals surface area (Å²) >= 11 is 0. The first-order valence-corrected chi connectivity index (χ1v) is 13.8. The Kier molecular flexibility index (Phi) is 11.0. The van der Waals surface area contributed by atoms with E-state index in [1.165, 1.54) is 18.2 Å². The number of benzene rings is 3. The first-order valence-electron chi connectivity index (χ1n) is 13.8. The van der Waals surface area contributed by atoms with Gasteiger partial charge in [0.2, 0.25) is 0 Å². The van der Waals surface area contributed by atoms with Crippen LogP contribution in [-0.2, 0) is 4.74 Å². The maximum atomic E-state index is 13.2. The normalized spacial score (nSPS) is 10.9. The summed E-state index contributed by atoms with van der Waals surface area (Å²) < 4.78 is 5.18. The molecule has 0 aromatic heterocycles. The molecule has 0 unspecified atom stereocenters. The average molecular weight is 588 g/mol. The molecule has 0 radical (unpaired) electrons. The number of rotatable bonds is 12. The van der Waals surface area contributed by atoms with Gasteiger partial charge in [-0.25, -0.2) is 9.59 Å². The second kappa shape index (κ2) is 14.6. The minimum atomic E-state index is -1.24. The van der Waals surface area contributed by atoms with Crippen molar-refractivity contribution in [3.63, 3.8) is 0 Å². The fraction of sp³-hybridized carbons (Fsp3) is 0.281. The van der Waals surface area contributed by atoms with Gasteiger partial charge >= 0.3 is 12.1 Å². The summed E-state index contributed by atoms with van der Waals surface area (Å²) in [5, 5.41) is 25.7. The van der Waals surface area contributed by atoms with E-state index in [1.807, 2.05) is 0 Å². The second-order valence-electron chi connectivity index (χ2n) is 10.8. The van der Waals surface area contributed by atoms with Gasteiger partial charge in [-0.05, 0) is 93.6 Å². The lowest BCUT2D eigenvalue weighted by Gasteiger charge is -2.19. The number of anilines is 1. The monoisotopic (exact) mass is 587 g/mol. The summed E-state index contributed by atoms with van der Waals surface area (Å²) in [6.45, 7) is 6.21. The number of carbonyl (C=O) groups excluding carboxylic acids is 3. The number of carbonyl (C=O) groups is 4. The van der Waals surface area contributed by atoms with E-state index in [9.17, 15) is 24.3 Å². The second-order valence-corrected chi connectivity index (χ2v) is 10.8. The fourth-order valence-corrected chi connectivity index (χ4v) is 4.18. The average Bonchev–Trinajstić information content (AvgIpc) is 2.95. The molecule has 226 valence electrons. The van der Waals surface area contributed by atoms with Crippen LogP contribution in [0.5, 0.6) is 0 Å². The molecular formula is C32H37N5O6. The van der Waals surface area contributed by atoms with Crippen molar-refractivity contribution >= 4 is 35.4 Å². The minimum absolute atomic E-state index is 0.0914. The third kappa shape index (κ3) is 9.70. The van der Waals surface area contributed by atoms with Crippen LogP contribution >= 0.6 is 0 Å². The number of unbranched alkanes of at least 4 members (excludes halogenated alkanes) is 2. The van der Waals surface area contributed by atoms with Crippen LogP contribution in [0.4, 0.5) is 10.5 Å². The summed E-state index contributed by atoms with van der Waals surface area (Å²) in [5.74, 6) is -2.20. The molecule has 43 heavy (non-hydrogen) atoms. The molecule has 0 saturated heterocycles. The number of nitrogens with two attached hydrogens (primary N) is 1. The molecule has 3 aromatic rings. The Morgan fingerprint density at radius 1 is 0.791 bits per heavy atom. The molecule has 0 fully saturated rings. The van der Waals surface area contributed by atoms with Crippen molar-refractivity contribution < 1.29 is 29.0 Å². The van der Waals surface area contributed by atoms with Gasteiger partial charge in [0.05, 0.1) is 5.56 Å². The molecule has 0 aliphatic heterocycles. The first kappa shape index (κ1) is 32.3. The molecule has 0 aliphatic rings. The Balaban J connectivity index is 1.63. The van der Waals surface area contributed by atoms with Crippen molar-refractivity contribution in [2.45, 2.75) is 45.6 Å². The highest BCUT2D eigenvalue weighted by Crippen LogP contribution is 2.29. The maximum absolute atomic E-state index is 13.2. The van der Waals surface area contributed by atoms with E-state index < -0.39 is 29.5 Å². The number of nitrogen functional groups attached to an aromatic ring is 1. The number of hydrogen-bond donors (Lipinski definition) is 6. The molecule has 3 rings (SSSR count). The van der Waals surface area contributed by atoms with Gasteiger partial charge in [0.15, 0.2) is 0 Å². The number of amidine groups is 1. The van der Waals surface area contributed by atoms with Gasteiger partial charge in [0.25, 0.3) is 11.8 Å². The highest BCUT2D eigenvalue weighted by atomic mass is 16.6. The summed E-state index contributed by atoms with van der Waals surface area (Å²) in [7, 11) is 0. The van der Waals surface area contributed by atoms with E-state index in [4.69, 9.17) is 15.9 Å². The molecular weight excluding hydrogens is 550 g/mol. The highest BCUT2D eigenvalue weighted by Gasteiger charge is 2.20. The minimum Gasteiger partial charge on any atom is -0.478 e. The molecule has 0 saturated carbocycles. The predicted octanol–water partition coefficient (Wildman–Crippen LogP) is 5.01. The lowest BCUT2D eigenvalue weighted by molar-refractivity contribution is 0.0526. The Bertz CT molecular complexity index is 1490. The molecule has 11 nitrogen and oxygen atoms in total. The number of hydrogen-bond acceptors (Lipinski definition) is 6. The van der Waals surface area contributed by atoms with Crippen LogP contribution in [0.2, 0.25) is 0 Å². The van der Waals surface area contributed by atoms with Crippen molar-refractivity contribution in [2.75, 3.05) is 18.4 Å². The highest BCUT2D eigenvalue weighted by molar-refractivity contribution is 6.11. The third-order valence-electron chi connectivity index (χ3n) is 6.24. The molecule has 0 atom stereocenters. The van der Waals surface area contributed by atoms with E-state index in [0.717, 1.165) is 6.42 Å². The number of ether oxygens (including phenoxy) is 1. The number of nitrogens with one attached hydrogen (secondary N) is 4. The van der Waals surface area contributed by atoms with E-state index in [-0.39, 0.29) is 22.5 Å². The molecule has 3 aromatic carbocycles. The van der Waals surface area contributed by atoms with Gasteiger partial charge in [0.1, 0.15) is 11.4 Å². The molecule has 0 aliphatic carbocycles. The molecule has 0 heterocycles. The smallest absolute Gasteiger partial charge is 0.407 e. The molecule has 0 spiro atoms. The van der Waals surface area contributed by atoms with Crippen LogP contribution in [0.1, 0.15) is 76.7 Å². The van der Waals surface area contributed by atoms with Crippen LogP contribution in [-0.4, -0.2) is 53.5 Å². The van der Waals surface area contributed by atoms with E-state index in [0.29, 0.717) is 48.3 Å². The molecule has 7 N–H and O–H groups in total. The lowest BCUT2D eigenvalue weighted by atomic mass is 9.93. The van der Waals surface area contributed by atoms with Gasteiger partial charge in [0, 0.05) is 35.5 Å². The number of aromatic carboxylic acids is 1. The topological polar surface area (TPSA) is 184 Å². The van der Waals surface area contributed by atoms with Gasteiger partial charge < -0.3 is 31.5 Å². The number of carboxylic acid groups (broad SMARTS) is 1. The SMILES string of the molecule is CC(C)(C)OC(=O)NCCCCCNC(=O)c1ccc(-c2ccccc2C(=O)Nc2ccc(C(=N)N)cc2)c(C(=O)O)c1. The van der Waals surface area contributed by atoms with Crippen molar-refractivity contribution in [1.82, 2.24) is 10.6 Å². The molecule has 0 bridgehead atoms. The summed E-state index contributed by atoms with van der Waals surface area (Å²) in [4.78, 5) is 49.8. The van der Waals surface area contributed by atoms with Crippen LogP contribution in [0.25, 0.3) is 11.1 Å². The standard InChI is InChI=1S/C32H37N5O6/c1-32(2,3)43-31(42)36-18-8-4-7-17-35-28(38)21-13-16-24(26(19-21)30(40)41)23-9-5-6-10-25(23)29(39)37-22-14-11-20(12-15-22)27(33)34/h5-6,9-16,19H,4,7-8,17-18H2,1-3H3,(H3,33,34)(H,35,38)(H,36,42)(H,37,39)(H,40,41). The molecule has 11 heteroatoms. The third-order valence-corrected chi connectivity index (χ3v) is 6.24. The van der Waals surface area contributed by atoms with E-state index in [1.54, 1.807) is 69.3 Å². The van der Waals surface area contributed by atoms with Crippen molar-refractivity contribution in [2.24, 2.45) is 5.73 Å². The number of alkyl carbamates (subject to hydrolysis) is 1. The number of carboxylic acids is 1. The Labute approximate surface area is 250 Å². The first-order chi connectivity index (χ1) is 20.4. The van der Waals surface area contributed by atoms with Crippen LogP contribution in [0.15, 0.2) is 66.7 Å². The zero-order valence-electron chi connectivity index (χ0n) is 24.5. The van der Waals surface area contributed by atoms with Crippen molar-refractivity contribution in [3.8, 4) is 11.1 Å². The van der Waals surface area contributed by atoms with E-state index >= 15 is 0 Å². The quantitative estimate of drug-likeness (QED) is 0.0977. The Morgan fingerprint density at radius 2 is 1.40 bits per heavy atom. The molecule has 3 amide bonds. The summed E-state index contributed by atoms with van der Waals surface area (Å²) in [5.41, 5.74) is 6.92. The predicted molar refractivity (Wildman–Crippen MR) is 165 cm³/mol.